The third-order valence-corrected chi connectivity index (χ3v) is 4.81. The van der Waals surface area contributed by atoms with E-state index in [2.05, 4.69) is 5.10 Å². The van der Waals surface area contributed by atoms with Crippen LogP contribution in [0.15, 0.2) is 73.9 Å². The maximum Gasteiger partial charge on any atom is 0.417 e. The fourth-order valence-corrected chi connectivity index (χ4v) is 3.25. The van der Waals surface area contributed by atoms with Gasteiger partial charge in [0.05, 0.1) is 18.1 Å². The van der Waals surface area contributed by atoms with Crippen LogP contribution in [0.25, 0.3) is 0 Å². The first-order valence-corrected chi connectivity index (χ1v) is 9.62. The first-order valence-electron chi connectivity index (χ1n) is 9.62. The highest BCUT2D eigenvalue weighted by molar-refractivity contribution is 6.01. The Bertz CT molecular complexity index is 1230. The molecule has 0 aromatic carbocycles. The quantitative estimate of drug-likeness (QED) is 0.521. The Kier molecular flexibility index (Phi) is 5.90. The van der Waals surface area contributed by atoms with E-state index in [1.807, 2.05) is 0 Å². The summed E-state index contributed by atoms with van der Waals surface area (Å²) in [5.74, 6) is -0.838. The molecule has 0 fully saturated rings. The van der Waals surface area contributed by atoms with Crippen molar-refractivity contribution in [2.24, 2.45) is 5.10 Å². The summed E-state index contributed by atoms with van der Waals surface area (Å²) >= 11 is 0. The Hall–Kier alpha value is -4.09. The van der Waals surface area contributed by atoms with Crippen molar-refractivity contribution < 1.29 is 36.3 Å². The highest BCUT2D eigenvalue weighted by atomic mass is 19.4. The molecule has 33 heavy (non-hydrogen) atoms. The average molecular weight is 463 g/mol. The fourth-order valence-electron chi connectivity index (χ4n) is 3.25. The average Bonchev–Trinajstić information content (AvgIpc) is 3.53. The Morgan fingerprint density at radius 3 is 2.55 bits per heavy atom. The van der Waals surface area contributed by atoms with Crippen LogP contribution in [0.5, 0.6) is 0 Å². The van der Waals surface area contributed by atoms with Crippen molar-refractivity contribution in [1.29, 1.82) is 0 Å². The van der Waals surface area contributed by atoms with E-state index in [0.29, 0.717) is 46.5 Å². The van der Waals surface area contributed by atoms with Gasteiger partial charge in [-0.25, -0.2) is 5.01 Å². The smallest absolute Gasteiger partial charge is 0.417 e. The minimum Gasteiger partial charge on any atom is -0.467 e. The molecule has 0 saturated heterocycles. The summed E-state index contributed by atoms with van der Waals surface area (Å²) in [6.45, 7) is -1.53. The van der Waals surface area contributed by atoms with Gasteiger partial charge in [-0.15, -0.1) is 0 Å². The van der Waals surface area contributed by atoms with Crippen molar-refractivity contribution in [3.8, 4) is 0 Å². The summed E-state index contributed by atoms with van der Waals surface area (Å²) in [7, 11) is 0. The van der Waals surface area contributed by atoms with E-state index in [1.54, 1.807) is 24.3 Å². The molecule has 3 aromatic heterocycles. The Balaban J connectivity index is 1.44. The molecular weight excluding hydrogens is 447 g/mol. The van der Waals surface area contributed by atoms with Crippen molar-refractivity contribution >= 4 is 17.6 Å². The number of ether oxygens (including phenoxy) is 1. The van der Waals surface area contributed by atoms with Crippen LogP contribution in [0.4, 0.5) is 13.2 Å². The van der Waals surface area contributed by atoms with Crippen LogP contribution in [-0.4, -0.2) is 33.8 Å². The SMILES string of the molecule is O=C(Cn1cc(C(F)(F)F)ccc1=O)OCC(=O)N1N=C(c2ccco2)CC1c1ccco1. The summed E-state index contributed by atoms with van der Waals surface area (Å²) in [5, 5.41) is 5.36. The van der Waals surface area contributed by atoms with Crippen LogP contribution in [0, 0.1) is 0 Å². The van der Waals surface area contributed by atoms with Gasteiger partial charge in [-0.2, -0.15) is 18.3 Å². The molecule has 0 saturated carbocycles. The normalized spacial score (nSPS) is 16.0. The van der Waals surface area contributed by atoms with Gasteiger partial charge in [-0.1, -0.05) is 0 Å². The molecule has 9 nitrogen and oxygen atoms in total. The van der Waals surface area contributed by atoms with Crippen molar-refractivity contribution in [1.82, 2.24) is 9.58 Å². The van der Waals surface area contributed by atoms with Crippen LogP contribution in [-0.2, 0) is 27.0 Å². The van der Waals surface area contributed by atoms with E-state index in [-0.39, 0.29) is 0 Å². The summed E-state index contributed by atoms with van der Waals surface area (Å²) in [4.78, 5) is 36.6. The standard InChI is InChI=1S/C21H16F3N3O6/c22-21(23,24)13-5-6-18(28)26(10-13)11-20(30)33-12-19(29)27-15(17-4-2-8-32-17)9-14(25-27)16-3-1-7-31-16/h1-8,10,15H,9,11-12H2. The molecule has 1 atom stereocenters. The lowest BCUT2D eigenvalue weighted by Crippen LogP contribution is -2.32. The lowest BCUT2D eigenvalue weighted by Gasteiger charge is -2.19. The highest BCUT2D eigenvalue weighted by Crippen LogP contribution is 2.33. The lowest BCUT2D eigenvalue weighted by atomic mass is 10.1. The summed E-state index contributed by atoms with van der Waals surface area (Å²) in [6.07, 6.45) is -0.980. The molecule has 1 aliphatic heterocycles. The molecule has 0 N–H and O–H groups in total. The van der Waals surface area contributed by atoms with Crippen LogP contribution in [0.1, 0.15) is 29.5 Å². The summed E-state index contributed by atoms with van der Waals surface area (Å²) in [5.41, 5.74) is -1.43. The molecule has 0 bridgehead atoms. The number of rotatable bonds is 6. The molecule has 3 aromatic rings. The van der Waals surface area contributed by atoms with Gasteiger partial charge in [0, 0.05) is 18.7 Å². The fraction of sp³-hybridized carbons (Fsp3) is 0.238. The number of hydrogen-bond donors (Lipinski definition) is 0. The second-order valence-electron chi connectivity index (χ2n) is 7.04. The minimum atomic E-state index is -4.68. The predicted octanol–water partition coefficient (Wildman–Crippen LogP) is 2.97. The number of alkyl halides is 3. The zero-order valence-corrected chi connectivity index (χ0v) is 16.8. The number of hydrogen-bond acceptors (Lipinski definition) is 7. The van der Waals surface area contributed by atoms with Gasteiger partial charge in [-0.3, -0.25) is 14.4 Å². The molecule has 1 amide bonds. The highest BCUT2D eigenvalue weighted by Gasteiger charge is 2.36. The Labute approximate surface area is 183 Å². The number of pyridine rings is 1. The Morgan fingerprint density at radius 2 is 1.88 bits per heavy atom. The molecular formula is C21H16F3N3O6. The number of carbonyl (C=O) groups is 2. The predicted molar refractivity (Wildman–Crippen MR) is 105 cm³/mol. The second-order valence-corrected chi connectivity index (χ2v) is 7.04. The van der Waals surface area contributed by atoms with Crippen LogP contribution in [0.2, 0.25) is 0 Å². The molecule has 1 aliphatic rings. The first kappa shape index (κ1) is 22.1. The topological polar surface area (TPSA) is 107 Å². The van der Waals surface area contributed by atoms with E-state index in [0.717, 1.165) is 5.01 Å². The van der Waals surface area contributed by atoms with E-state index in [4.69, 9.17) is 13.6 Å². The van der Waals surface area contributed by atoms with Crippen molar-refractivity contribution in [2.45, 2.75) is 25.2 Å². The van der Waals surface area contributed by atoms with Crippen molar-refractivity contribution in [3.05, 3.63) is 82.6 Å². The lowest BCUT2D eigenvalue weighted by molar-refractivity contribution is -0.153. The molecule has 0 spiro atoms. The van der Waals surface area contributed by atoms with Gasteiger partial charge in [-0.05, 0) is 30.3 Å². The Morgan fingerprint density at radius 1 is 1.12 bits per heavy atom. The third kappa shape index (κ3) is 4.89. The van der Waals surface area contributed by atoms with Gasteiger partial charge in [0.15, 0.2) is 6.61 Å². The first-order chi connectivity index (χ1) is 15.7. The molecule has 4 rings (SSSR count). The number of carbonyl (C=O) groups excluding carboxylic acids is 2. The maximum atomic E-state index is 12.8. The number of nitrogens with zero attached hydrogens (tertiary/aromatic N) is 3. The van der Waals surface area contributed by atoms with Gasteiger partial charge in [0.25, 0.3) is 11.5 Å². The van der Waals surface area contributed by atoms with Gasteiger partial charge in [0.2, 0.25) is 0 Å². The molecule has 12 heteroatoms. The summed E-state index contributed by atoms with van der Waals surface area (Å²) < 4.78 is 54.7. The van der Waals surface area contributed by atoms with Crippen LogP contribution >= 0.6 is 0 Å². The molecule has 0 aliphatic carbocycles. The van der Waals surface area contributed by atoms with Crippen molar-refractivity contribution in [2.75, 3.05) is 6.61 Å². The van der Waals surface area contributed by atoms with Gasteiger partial charge in [0.1, 0.15) is 29.8 Å². The number of hydrazone groups is 1. The van der Waals surface area contributed by atoms with Crippen molar-refractivity contribution in [3.63, 3.8) is 0 Å². The minimum absolute atomic E-state index is 0.292. The van der Waals surface area contributed by atoms with Gasteiger partial charge < -0.3 is 18.1 Å². The molecule has 172 valence electrons. The van der Waals surface area contributed by atoms with E-state index < -0.39 is 48.4 Å². The zero-order valence-electron chi connectivity index (χ0n) is 16.8. The van der Waals surface area contributed by atoms with E-state index >= 15 is 0 Å². The van der Waals surface area contributed by atoms with Gasteiger partial charge >= 0.3 is 12.1 Å². The number of halogens is 3. The second kappa shape index (κ2) is 8.81. The molecule has 4 heterocycles. The number of aromatic nitrogens is 1. The van der Waals surface area contributed by atoms with E-state index in [9.17, 15) is 27.6 Å². The largest absolute Gasteiger partial charge is 0.467 e. The van der Waals surface area contributed by atoms with Crippen LogP contribution in [0.3, 0.4) is 0 Å². The molecule has 1 unspecified atom stereocenters. The molecule has 0 radical (unpaired) electrons. The maximum absolute atomic E-state index is 12.8. The summed E-state index contributed by atoms with van der Waals surface area (Å²) in [6, 6.07) is 7.38. The zero-order chi connectivity index (χ0) is 23.6. The van der Waals surface area contributed by atoms with E-state index in [1.165, 1.54) is 12.5 Å². The monoisotopic (exact) mass is 463 g/mol. The number of furan rings is 2. The third-order valence-electron chi connectivity index (χ3n) is 4.81. The number of esters is 1. The number of amides is 1. The van der Waals surface area contributed by atoms with Crippen LogP contribution < -0.4 is 5.56 Å².